The molecule has 0 aromatic heterocycles. The maximum Gasteiger partial charge on any atom is 0.191 e. The molecule has 0 saturated carbocycles. The average molecular weight is 481 g/mol. The number of nitrogens with one attached hydrogen (secondary N) is 2. The van der Waals surface area contributed by atoms with Crippen LogP contribution < -0.4 is 15.4 Å². The number of ether oxygens (including phenoxy) is 2. The Bertz CT molecular complexity index is 503. The molecule has 0 saturated heterocycles. The van der Waals surface area contributed by atoms with Crippen LogP contribution in [0.1, 0.15) is 39.5 Å². The van der Waals surface area contributed by atoms with E-state index >= 15 is 0 Å². The van der Waals surface area contributed by atoms with Gasteiger partial charge in [0.15, 0.2) is 5.96 Å². The molecular weight excluding hydrogens is 448 g/mol. The van der Waals surface area contributed by atoms with Gasteiger partial charge in [-0.1, -0.05) is 13.0 Å². The summed E-state index contributed by atoms with van der Waals surface area (Å²) in [6.45, 7) is 7.08. The maximum absolute atomic E-state index is 13.3. The molecule has 0 fully saturated rings. The van der Waals surface area contributed by atoms with Crippen molar-refractivity contribution < 1.29 is 13.9 Å². The number of hydrogen-bond donors (Lipinski definition) is 2. The normalized spacial score (nSPS) is 12.2. The highest BCUT2D eigenvalue weighted by Gasteiger charge is 2.09. The number of aliphatic imine (C=N–C) groups is 1. The van der Waals surface area contributed by atoms with Gasteiger partial charge in [0.25, 0.3) is 0 Å². The zero-order valence-electron chi connectivity index (χ0n) is 16.1. The van der Waals surface area contributed by atoms with Gasteiger partial charge in [0, 0.05) is 32.9 Å². The Balaban J connectivity index is 0.00000625. The van der Waals surface area contributed by atoms with Crippen molar-refractivity contribution in [3.05, 3.63) is 30.1 Å². The highest BCUT2D eigenvalue weighted by atomic mass is 127. The van der Waals surface area contributed by atoms with Gasteiger partial charge in [0.2, 0.25) is 0 Å². The quantitative estimate of drug-likeness (QED) is 0.205. The summed E-state index contributed by atoms with van der Waals surface area (Å²) >= 11 is 0. The van der Waals surface area contributed by atoms with Crippen molar-refractivity contribution in [2.24, 2.45) is 4.99 Å². The van der Waals surface area contributed by atoms with Gasteiger partial charge in [-0.15, -0.1) is 24.0 Å². The van der Waals surface area contributed by atoms with E-state index in [1.165, 1.54) is 12.1 Å². The van der Waals surface area contributed by atoms with E-state index in [1.54, 1.807) is 19.2 Å². The van der Waals surface area contributed by atoms with Crippen molar-refractivity contribution >= 4 is 29.9 Å². The lowest BCUT2D eigenvalue weighted by Gasteiger charge is -2.17. The van der Waals surface area contributed by atoms with Crippen molar-refractivity contribution in [1.82, 2.24) is 10.6 Å². The van der Waals surface area contributed by atoms with Gasteiger partial charge in [0.05, 0.1) is 6.54 Å². The van der Waals surface area contributed by atoms with Crippen LogP contribution in [0, 0.1) is 5.82 Å². The number of hydrogen-bond acceptors (Lipinski definition) is 3. The molecular formula is C19H33FIN3O2. The standard InChI is InChI=1S/C19H32FN3O2.HI/c1-4-17(25-18-11-9-10-16(20)14-18)15-23-19(21-5-2)22-12-7-6-8-13-24-3;/h9-11,14,17H,4-8,12-13,15H2,1-3H3,(H2,21,22,23);1H. The highest BCUT2D eigenvalue weighted by molar-refractivity contribution is 14.0. The third-order valence-electron chi connectivity index (χ3n) is 3.67. The molecule has 1 atom stereocenters. The van der Waals surface area contributed by atoms with E-state index in [4.69, 9.17) is 9.47 Å². The van der Waals surface area contributed by atoms with Crippen LogP contribution in [0.15, 0.2) is 29.3 Å². The number of guanidine groups is 1. The minimum Gasteiger partial charge on any atom is -0.488 e. The van der Waals surface area contributed by atoms with Crippen LogP contribution >= 0.6 is 24.0 Å². The predicted octanol–water partition coefficient (Wildman–Crippen LogP) is 3.97. The van der Waals surface area contributed by atoms with Crippen LogP contribution in [0.2, 0.25) is 0 Å². The van der Waals surface area contributed by atoms with Crippen LogP contribution in [-0.4, -0.2) is 45.4 Å². The lowest BCUT2D eigenvalue weighted by molar-refractivity contribution is 0.192. The van der Waals surface area contributed by atoms with Crippen LogP contribution in [0.3, 0.4) is 0 Å². The van der Waals surface area contributed by atoms with E-state index in [-0.39, 0.29) is 35.9 Å². The molecule has 5 nitrogen and oxygen atoms in total. The van der Waals surface area contributed by atoms with Crippen molar-refractivity contribution in [3.8, 4) is 5.75 Å². The largest absolute Gasteiger partial charge is 0.488 e. The van der Waals surface area contributed by atoms with Gasteiger partial charge in [-0.05, 0) is 44.7 Å². The number of rotatable bonds is 12. The molecule has 1 unspecified atom stereocenters. The molecule has 150 valence electrons. The summed E-state index contributed by atoms with van der Waals surface area (Å²) in [5.74, 6) is 1.04. The summed E-state index contributed by atoms with van der Waals surface area (Å²) in [7, 11) is 1.73. The molecule has 0 heterocycles. The SMILES string of the molecule is CCNC(=NCC(CC)Oc1cccc(F)c1)NCCCCCOC.I. The number of methoxy groups -OCH3 is 1. The van der Waals surface area contributed by atoms with Crippen LogP contribution in [0.4, 0.5) is 4.39 Å². The fourth-order valence-corrected chi connectivity index (χ4v) is 2.27. The fraction of sp³-hybridized carbons (Fsp3) is 0.632. The molecule has 0 amide bonds. The Kier molecular flexibility index (Phi) is 15.4. The third-order valence-corrected chi connectivity index (χ3v) is 3.67. The average Bonchev–Trinajstić information content (AvgIpc) is 2.61. The van der Waals surface area contributed by atoms with Crippen LogP contribution in [0.5, 0.6) is 5.75 Å². The topological polar surface area (TPSA) is 54.9 Å². The summed E-state index contributed by atoms with van der Waals surface area (Å²) in [5.41, 5.74) is 0. The van der Waals surface area contributed by atoms with E-state index in [2.05, 4.69) is 15.6 Å². The summed E-state index contributed by atoms with van der Waals surface area (Å²) in [6.07, 6.45) is 3.99. The van der Waals surface area contributed by atoms with E-state index in [0.29, 0.717) is 12.3 Å². The summed E-state index contributed by atoms with van der Waals surface area (Å²) in [6, 6.07) is 6.22. The molecule has 1 aromatic carbocycles. The molecule has 1 rings (SSSR count). The first-order chi connectivity index (χ1) is 12.2. The molecule has 0 aliphatic rings. The number of unbranched alkanes of at least 4 members (excludes halogenated alkanes) is 2. The predicted molar refractivity (Wildman–Crippen MR) is 116 cm³/mol. The Morgan fingerprint density at radius 3 is 2.65 bits per heavy atom. The number of benzene rings is 1. The molecule has 2 N–H and O–H groups in total. The van der Waals surface area contributed by atoms with Crippen LogP contribution in [0.25, 0.3) is 0 Å². The Morgan fingerprint density at radius 1 is 1.19 bits per heavy atom. The zero-order valence-corrected chi connectivity index (χ0v) is 18.4. The number of nitrogens with zero attached hydrogens (tertiary/aromatic N) is 1. The minimum absolute atomic E-state index is 0. The van der Waals surface area contributed by atoms with Crippen molar-refractivity contribution in [2.45, 2.75) is 45.6 Å². The lowest BCUT2D eigenvalue weighted by Crippen LogP contribution is -2.38. The zero-order chi connectivity index (χ0) is 18.3. The van der Waals surface area contributed by atoms with E-state index in [0.717, 1.165) is 51.3 Å². The van der Waals surface area contributed by atoms with Gasteiger partial charge < -0.3 is 20.1 Å². The first kappa shape index (κ1) is 24.9. The van der Waals surface area contributed by atoms with Crippen molar-refractivity contribution in [1.29, 1.82) is 0 Å². The van der Waals surface area contributed by atoms with Crippen molar-refractivity contribution in [2.75, 3.05) is 33.4 Å². The molecule has 0 bridgehead atoms. The Hall–Kier alpha value is -1.09. The van der Waals surface area contributed by atoms with Gasteiger partial charge in [-0.3, -0.25) is 0 Å². The molecule has 0 aliphatic carbocycles. The van der Waals surface area contributed by atoms with Gasteiger partial charge >= 0.3 is 0 Å². The summed E-state index contributed by atoms with van der Waals surface area (Å²) in [5, 5.41) is 6.57. The molecule has 0 aliphatic heterocycles. The first-order valence-electron chi connectivity index (χ1n) is 9.12. The molecule has 0 spiro atoms. The molecule has 0 radical (unpaired) electrons. The third kappa shape index (κ3) is 11.5. The molecule has 1 aromatic rings. The Morgan fingerprint density at radius 2 is 2.00 bits per heavy atom. The minimum atomic E-state index is -0.292. The second-order valence-electron chi connectivity index (χ2n) is 5.81. The maximum atomic E-state index is 13.3. The summed E-state index contributed by atoms with van der Waals surface area (Å²) in [4.78, 5) is 4.59. The Labute approximate surface area is 174 Å². The van der Waals surface area contributed by atoms with Gasteiger partial charge in [0.1, 0.15) is 17.7 Å². The van der Waals surface area contributed by atoms with Crippen LogP contribution in [-0.2, 0) is 4.74 Å². The van der Waals surface area contributed by atoms with E-state index < -0.39 is 0 Å². The smallest absolute Gasteiger partial charge is 0.191 e. The second-order valence-corrected chi connectivity index (χ2v) is 5.81. The second kappa shape index (κ2) is 16.1. The fourth-order valence-electron chi connectivity index (χ4n) is 2.27. The van der Waals surface area contributed by atoms with Crippen molar-refractivity contribution in [3.63, 3.8) is 0 Å². The summed E-state index contributed by atoms with van der Waals surface area (Å²) < 4.78 is 24.1. The van der Waals surface area contributed by atoms with E-state index in [1.807, 2.05) is 13.8 Å². The lowest BCUT2D eigenvalue weighted by atomic mass is 10.2. The molecule has 7 heteroatoms. The molecule has 26 heavy (non-hydrogen) atoms. The van der Waals surface area contributed by atoms with Gasteiger partial charge in [-0.2, -0.15) is 0 Å². The van der Waals surface area contributed by atoms with E-state index in [9.17, 15) is 4.39 Å². The monoisotopic (exact) mass is 481 g/mol. The first-order valence-corrected chi connectivity index (χ1v) is 9.12. The van der Waals surface area contributed by atoms with Gasteiger partial charge in [-0.25, -0.2) is 9.38 Å². The number of halogens is 2. The highest BCUT2D eigenvalue weighted by Crippen LogP contribution is 2.15.